The molecule has 0 fully saturated rings. The van der Waals surface area contributed by atoms with Crippen molar-refractivity contribution in [2.24, 2.45) is 0 Å². The molecule has 1 N–H and O–H groups in total. The molecule has 0 bridgehead atoms. The molecule has 186 valence electrons. The van der Waals surface area contributed by atoms with Crippen LogP contribution in [0.1, 0.15) is 26.3 Å². The highest BCUT2D eigenvalue weighted by atomic mass is 35.5. The van der Waals surface area contributed by atoms with Crippen molar-refractivity contribution in [1.29, 1.82) is 0 Å². The molecule has 0 aliphatic heterocycles. The molecule has 12 heteroatoms. The maximum absolute atomic E-state index is 13.6. The Morgan fingerprint density at radius 1 is 1.03 bits per heavy atom. The summed E-state index contributed by atoms with van der Waals surface area (Å²) in [6.07, 6.45) is 0.910. The monoisotopic (exact) mass is 551 g/mol. The van der Waals surface area contributed by atoms with Crippen LogP contribution >= 0.6 is 34.8 Å². The minimum absolute atomic E-state index is 0.00557. The van der Waals surface area contributed by atoms with Crippen LogP contribution in [-0.2, 0) is 26.2 Å². The average molecular weight is 553 g/mol. The van der Waals surface area contributed by atoms with Gasteiger partial charge in [-0.25, -0.2) is 12.8 Å². The van der Waals surface area contributed by atoms with Gasteiger partial charge in [-0.05, 0) is 56.7 Å². The van der Waals surface area contributed by atoms with Crippen molar-refractivity contribution < 1.29 is 22.4 Å². The fraction of sp³-hybridized carbons (Fsp3) is 0.364. The highest BCUT2D eigenvalue weighted by Gasteiger charge is 2.31. The van der Waals surface area contributed by atoms with Crippen LogP contribution in [0.15, 0.2) is 36.4 Å². The number of benzene rings is 2. The number of nitrogens with one attached hydrogen (secondary N) is 1. The van der Waals surface area contributed by atoms with E-state index in [2.05, 4.69) is 5.32 Å². The number of halogens is 4. The molecule has 7 nitrogen and oxygen atoms in total. The third-order valence-corrected chi connectivity index (χ3v) is 6.84. The van der Waals surface area contributed by atoms with Gasteiger partial charge in [0, 0.05) is 22.6 Å². The van der Waals surface area contributed by atoms with E-state index in [0.717, 1.165) is 22.7 Å². The van der Waals surface area contributed by atoms with Crippen LogP contribution in [0, 0.1) is 5.82 Å². The number of amides is 2. The minimum Gasteiger partial charge on any atom is -0.352 e. The molecule has 0 spiro atoms. The molecule has 0 heterocycles. The van der Waals surface area contributed by atoms with Crippen molar-refractivity contribution in [2.75, 3.05) is 17.1 Å². The summed E-state index contributed by atoms with van der Waals surface area (Å²) in [5.74, 6) is -1.84. The Bertz CT molecular complexity index is 1180. The number of carbonyl (C=O) groups excluding carboxylic acids is 2. The van der Waals surface area contributed by atoms with Crippen LogP contribution in [0.25, 0.3) is 0 Å². The number of sulfonamides is 1. The summed E-state index contributed by atoms with van der Waals surface area (Å²) >= 11 is 18.0. The Morgan fingerprint density at radius 3 is 2.21 bits per heavy atom. The Kier molecular flexibility index (Phi) is 9.59. The normalized spacial score (nSPS) is 12.4. The summed E-state index contributed by atoms with van der Waals surface area (Å²) in [6.45, 7) is 4.35. The molecule has 2 rings (SSSR count). The second kappa shape index (κ2) is 11.6. The second-order valence-corrected chi connectivity index (χ2v) is 11.1. The van der Waals surface area contributed by atoms with Gasteiger partial charge >= 0.3 is 0 Å². The molecule has 2 amide bonds. The van der Waals surface area contributed by atoms with Crippen LogP contribution < -0.4 is 9.62 Å². The first-order valence-corrected chi connectivity index (χ1v) is 13.2. The highest BCUT2D eigenvalue weighted by Crippen LogP contribution is 2.26. The van der Waals surface area contributed by atoms with Crippen LogP contribution in [0.3, 0.4) is 0 Å². The van der Waals surface area contributed by atoms with E-state index in [-0.39, 0.29) is 28.3 Å². The SMILES string of the molecule is CC(C)NC(=O)C(C)N(Cc1ccc(Cl)cc1Cl)C(=O)CN(c1ccc(F)c(Cl)c1)S(C)(=O)=O. The third kappa shape index (κ3) is 7.46. The quantitative estimate of drug-likeness (QED) is 0.496. The van der Waals surface area contributed by atoms with E-state index in [1.165, 1.54) is 24.0 Å². The van der Waals surface area contributed by atoms with E-state index >= 15 is 0 Å². The molecule has 0 saturated heterocycles. The Balaban J connectivity index is 2.44. The number of hydrogen-bond acceptors (Lipinski definition) is 4. The van der Waals surface area contributed by atoms with Crippen LogP contribution in [0.2, 0.25) is 15.1 Å². The molecule has 0 aromatic heterocycles. The maximum atomic E-state index is 13.6. The van der Waals surface area contributed by atoms with Crippen molar-refractivity contribution in [2.45, 2.75) is 39.4 Å². The predicted molar refractivity (Wildman–Crippen MR) is 133 cm³/mol. The van der Waals surface area contributed by atoms with Crippen molar-refractivity contribution >= 4 is 62.3 Å². The van der Waals surface area contributed by atoms with Crippen LogP contribution in [0.4, 0.5) is 10.1 Å². The zero-order chi connectivity index (χ0) is 25.8. The molecule has 2 aromatic rings. The summed E-state index contributed by atoms with van der Waals surface area (Å²) in [7, 11) is -3.97. The largest absolute Gasteiger partial charge is 0.352 e. The summed E-state index contributed by atoms with van der Waals surface area (Å²) in [5, 5.41) is 3.12. The third-order valence-electron chi connectivity index (χ3n) is 4.82. The predicted octanol–water partition coefficient (Wildman–Crippen LogP) is 4.49. The van der Waals surface area contributed by atoms with Gasteiger partial charge in [-0.2, -0.15) is 0 Å². The van der Waals surface area contributed by atoms with Gasteiger partial charge in [0.1, 0.15) is 18.4 Å². The van der Waals surface area contributed by atoms with Gasteiger partial charge in [0.2, 0.25) is 21.8 Å². The van der Waals surface area contributed by atoms with Crippen molar-refractivity contribution in [3.8, 4) is 0 Å². The fourth-order valence-corrected chi connectivity index (χ4v) is 4.56. The lowest BCUT2D eigenvalue weighted by molar-refractivity contribution is -0.139. The van der Waals surface area contributed by atoms with E-state index in [9.17, 15) is 22.4 Å². The molecule has 2 aromatic carbocycles. The summed E-state index contributed by atoms with van der Waals surface area (Å²) in [4.78, 5) is 27.3. The number of carbonyl (C=O) groups is 2. The Morgan fingerprint density at radius 2 is 1.68 bits per heavy atom. The van der Waals surface area contributed by atoms with Gasteiger partial charge < -0.3 is 10.2 Å². The van der Waals surface area contributed by atoms with Crippen molar-refractivity contribution in [3.05, 3.63) is 62.8 Å². The van der Waals surface area contributed by atoms with Gasteiger partial charge in [0.15, 0.2) is 0 Å². The lowest BCUT2D eigenvalue weighted by atomic mass is 10.1. The Hall–Kier alpha value is -2.07. The molecule has 0 aliphatic carbocycles. The van der Waals surface area contributed by atoms with Gasteiger partial charge in [0.05, 0.1) is 17.0 Å². The first kappa shape index (κ1) is 28.2. The number of rotatable bonds is 9. The smallest absolute Gasteiger partial charge is 0.244 e. The Labute approximate surface area is 213 Å². The first-order valence-electron chi connectivity index (χ1n) is 10.2. The topological polar surface area (TPSA) is 86.8 Å². The molecule has 0 aliphatic rings. The van der Waals surface area contributed by atoms with Gasteiger partial charge in [0.25, 0.3) is 0 Å². The minimum atomic E-state index is -3.97. The maximum Gasteiger partial charge on any atom is 0.244 e. The van der Waals surface area contributed by atoms with E-state index in [1.54, 1.807) is 26.0 Å². The molecular weight excluding hydrogens is 528 g/mol. The van der Waals surface area contributed by atoms with E-state index in [4.69, 9.17) is 34.8 Å². The van der Waals surface area contributed by atoms with Crippen LogP contribution in [0.5, 0.6) is 0 Å². The second-order valence-electron chi connectivity index (χ2n) is 7.96. The lowest BCUT2D eigenvalue weighted by Gasteiger charge is -2.32. The summed E-state index contributed by atoms with van der Waals surface area (Å²) in [6, 6.07) is 6.89. The molecule has 0 radical (unpaired) electrons. The summed E-state index contributed by atoms with van der Waals surface area (Å²) < 4.78 is 39.4. The summed E-state index contributed by atoms with van der Waals surface area (Å²) in [5.41, 5.74) is 0.519. The number of hydrogen-bond donors (Lipinski definition) is 1. The molecule has 34 heavy (non-hydrogen) atoms. The van der Waals surface area contributed by atoms with Gasteiger partial charge in [-0.15, -0.1) is 0 Å². The lowest BCUT2D eigenvalue weighted by Crippen LogP contribution is -2.52. The number of nitrogens with zero attached hydrogens (tertiary/aromatic N) is 2. The molecule has 1 unspecified atom stereocenters. The molecular formula is C22H25Cl3FN3O4S. The zero-order valence-electron chi connectivity index (χ0n) is 19.0. The zero-order valence-corrected chi connectivity index (χ0v) is 22.1. The molecule has 1 atom stereocenters. The number of anilines is 1. The standard InChI is InChI=1S/C22H25Cl3FN3O4S/c1-13(2)27-22(31)14(3)28(11-15-5-6-16(23)9-18(15)24)21(30)12-29(34(4,32)33)17-7-8-20(26)19(25)10-17/h5-10,13-14H,11-12H2,1-4H3,(H,27,31). The van der Waals surface area contributed by atoms with E-state index in [0.29, 0.717) is 10.6 Å². The van der Waals surface area contributed by atoms with Crippen molar-refractivity contribution in [1.82, 2.24) is 10.2 Å². The van der Waals surface area contributed by atoms with Crippen molar-refractivity contribution in [3.63, 3.8) is 0 Å². The fourth-order valence-electron chi connectivity index (χ4n) is 3.08. The molecule has 0 saturated carbocycles. The van der Waals surface area contributed by atoms with E-state index in [1.807, 2.05) is 0 Å². The van der Waals surface area contributed by atoms with E-state index < -0.39 is 40.2 Å². The highest BCUT2D eigenvalue weighted by molar-refractivity contribution is 7.92. The van der Waals surface area contributed by atoms with Gasteiger partial charge in [-0.1, -0.05) is 40.9 Å². The van der Waals surface area contributed by atoms with Crippen LogP contribution in [-0.4, -0.2) is 50.0 Å². The first-order chi connectivity index (χ1) is 15.7. The average Bonchev–Trinajstić information content (AvgIpc) is 2.71. The van der Waals surface area contributed by atoms with Gasteiger partial charge in [-0.3, -0.25) is 13.9 Å².